The number of carbonyl (C=O) groups excluding carboxylic acids is 4. The Morgan fingerprint density at radius 1 is 0.714 bits per heavy atom. The lowest BCUT2D eigenvalue weighted by Crippen LogP contribution is -2.46. The van der Waals surface area contributed by atoms with Gasteiger partial charge < -0.3 is 20.3 Å². The van der Waals surface area contributed by atoms with Crippen molar-refractivity contribution in [3.05, 3.63) is 69.8 Å². The smallest absolute Gasteiger partial charge is 0.397 e. The van der Waals surface area contributed by atoms with Crippen molar-refractivity contribution in [3.63, 3.8) is 0 Å². The second-order valence-electron chi connectivity index (χ2n) is 12.1. The van der Waals surface area contributed by atoms with Gasteiger partial charge in [-0.25, -0.2) is 4.79 Å². The molecule has 2 aliphatic rings. The summed E-state index contributed by atoms with van der Waals surface area (Å²) in [4.78, 5) is 50.8. The minimum absolute atomic E-state index is 0.0348. The van der Waals surface area contributed by atoms with Crippen LogP contribution in [0.1, 0.15) is 91.9 Å². The number of hydrogen-bond donors (Lipinski definition) is 1. The summed E-state index contributed by atoms with van der Waals surface area (Å²) in [6, 6.07) is 12.4. The van der Waals surface area contributed by atoms with Crippen molar-refractivity contribution in [1.29, 1.82) is 0 Å². The number of nitrogens with zero attached hydrogens (tertiary/aromatic N) is 2. The number of rotatable bonds is 3. The highest BCUT2D eigenvalue weighted by Gasteiger charge is 2.35. The number of primary amides is 1. The molecule has 2 saturated heterocycles. The molecule has 4 rings (SSSR count). The molecular formula is C34H47N3O5. The van der Waals surface area contributed by atoms with Gasteiger partial charge in [0.05, 0.1) is 18.7 Å². The van der Waals surface area contributed by atoms with E-state index >= 15 is 0 Å². The maximum Gasteiger partial charge on any atom is 0.397 e. The predicted molar refractivity (Wildman–Crippen MR) is 163 cm³/mol. The molecule has 2 aromatic carbocycles. The molecule has 0 spiro atoms. The van der Waals surface area contributed by atoms with Gasteiger partial charge in [0.1, 0.15) is 0 Å². The molecule has 2 heterocycles. The number of esters is 1. The van der Waals surface area contributed by atoms with Crippen molar-refractivity contribution in [2.45, 2.75) is 86.2 Å². The fraction of sp³-hybridized carbons (Fsp3) is 0.529. The molecule has 2 fully saturated rings. The van der Waals surface area contributed by atoms with Crippen LogP contribution in [0, 0.1) is 39.5 Å². The van der Waals surface area contributed by atoms with E-state index < -0.39 is 23.7 Å². The van der Waals surface area contributed by atoms with Gasteiger partial charge in [0.25, 0.3) is 0 Å². The number of aryl methyl sites for hydroxylation is 4. The van der Waals surface area contributed by atoms with Crippen molar-refractivity contribution < 1.29 is 23.9 Å². The highest BCUT2D eigenvalue weighted by Crippen LogP contribution is 2.35. The Balaban J connectivity index is 0.000000231. The average molecular weight is 578 g/mol. The van der Waals surface area contributed by atoms with Gasteiger partial charge in [0.15, 0.2) is 0 Å². The van der Waals surface area contributed by atoms with Gasteiger partial charge in [0, 0.05) is 13.1 Å². The molecule has 4 atom stereocenters. The number of carbonyl (C=O) groups is 4. The van der Waals surface area contributed by atoms with E-state index in [9.17, 15) is 19.2 Å². The Kier molecular flexibility index (Phi) is 11.3. The highest BCUT2D eigenvalue weighted by atomic mass is 16.5. The molecule has 0 unspecified atom stereocenters. The number of hydrogen-bond acceptors (Lipinski definition) is 5. The number of amides is 3. The third kappa shape index (κ3) is 7.99. The second kappa shape index (κ2) is 14.5. The lowest BCUT2D eigenvalue weighted by Gasteiger charge is -2.38. The van der Waals surface area contributed by atoms with Crippen LogP contribution in [0.2, 0.25) is 0 Å². The van der Waals surface area contributed by atoms with E-state index in [0.29, 0.717) is 24.9 Å². The van der Waals surface area contributed by atoms with E-state index in [1.807, 2.05) is 6.07 Å². The second-order valence-corrected chi connectivity index (χ2v) is 12.1. The Morgan fingerprint density at radius 2 is 1.14 bits per heavy atom. The maximum absolute atomic E-state index is 12.4. The molecule has 0 bridgehead atoms. The Hall–Kier alpha value is -3.68. The van der Waals surface area contributed by atoms with Crippen LogP contribution < -0.4 is 5.73 Å². The summed E-state index contributed by atoms with van der Waals surface area (Å²) >= 11 is 0. The standard InChI is InChI=1S/C18H25NO3.C16H22N2O2/c1-5-22-18(21)17(20)19-11-12(2)6-9-16(19)15-8-7-13(3)14(4)10-15;1-10-4-7-14(18(9-10)16(20)15(17)19)13-6-5-11(2)12(3)8-13/h7-8,10,12,16H,5-6,9,11H2,1-4H3;5-6,8,10,14H,4,7,9H2,1-3H3,(H2,17,19)/t12-,16+;10-,14+/m00/s1. The Bertz CT molecular complexity index is 1310. The van der Waals surface area contributed by atoms with Crippen molar-refractivity contribution in [3.8, 4) is 0 Å². The van der Waals surface area contributed by atoms with E-state index in [-0.39, 0.29) is 18.7 Å². The minimum atomic E-state index is -0.868. The average Bonchev–Trinajstić information content (AvgIpc) is 2.95. The summed E-state index contributed by atoms with van der Waals surface area (Å²) in [5.41, 5.74) is 12.2. The van der Waals surface area contributed by atoms with E-state index in [2.05, 4.69) is 71.9 Å². The van der Waals surface area contributed by atoms with Gasteiger partial charge in [-0.05, 0) is 106 Å². The van der Waals surface area contributed by atoms with Crippen LogP contribution in [-0.2, 0) is 23.9 Å². The van der Waals surface area contributed by atoms with E-state index in [1.54, 1.807) is 16.7 Å². The van der Waals surface area contributed by atoms with Crippen LogP contribution in [-0.4, -0.2) is 53.2 Å². The fourth-order valence-corrected chi connectivity index (χ4v) is 5.84. The van der Waals surface area contributed by atoms with Gasteiger partial charge in [-0.15, -0.1) is 0 Å². The molecule has 0 aliphatic carbocycles. The lowest BCUT2D eigenvalue weighted by molar-refractivity contribution is -0.162. The van der Waals surface area contributed by atoms with Crippen molar-refractivity contribution >= 4 is 23.7 Å². The van der Waals surface area contributed by atoms with Crippen LogP contribution in [0.4, 0.5) is 0 Å². The molecule has 0 radical (unpaired) electrons. The van der Waals surface area contributed by atoms with Crippen molar-refractivity contribution in [2.24, 2.45) is 17.6 Å². The van der Waals surface area contributed by atoms with Gasteiger partial charge >= 0.3 is 23.7 Å². The predicted octanol–water partition coefficient (Wildman–Crippen LogP) is 5.25. The largest absolute Gasteiger partial charge is 0.459 e. The van der Waals surface area contributed by atoms with Crippen LogP contribution >= 0.6 is 0 Å². The quantitative estimate of drug-likeness (QED) is 0.396. The topological polar surface area (TPSA) is 110 Å². The summed E-state index contributed by atoms with van der Waals surface area (Å²) in [5, 5.41) is 0. The van der Waals surface area contributed by atoms with Gasteiger partial charge in [0.2, 0.25) is 0 Å². The van der Waals surface area contributed by atoms with Crippen LogP contribution in [0.3, 0.4) is 0 Å². The monoisotopic (exact) mass is 577 g/mol. The molecule has 3 amide bonds. The van der Waals surface area contributed by atoms with Crippen LogP contribution in [0.25, 0.3) is 0 Å². The first kappa shape index (κ1) is 32.8. The summed E-state index contributed by atoms with van der Waals surface area (Å²) in [6.45, 7) is 15.6. The highest BCUT2D eigenvalue weighted by molar-refractivity contribution is 6.34. The minimum Gasteiger partial charge on any atom is -0.459 e. The number of nitrogens with two attached hydrogens (primary N) is 1. The Morgan fingerprint density at radius 3 is 1.52 bits per heavy atom. The van der Waals surface area contributed by atoms with Crippen LogP contribution in [0.15, 0.2) is 36.4 Å². The fourth-order valence-electron chi connectivity index (χ4n) is 5.84. The first-order valence-corrected chi connectivity index (χ1v) is 15.1. The van der Waals surface area contributed by atoms with Crippen LogP contribution in [0.5, 0.6) is 0 Å². The summed E-state index contributed by atoms with van der Waals surface area (Å²) < 4.78 is 4.89. The SMILES string of the molecule is CCOC(=O)C(=O)N1C[C@@H](C)CC[C@@H]1c1ccc(C)c(C)c1.Cc1ccc([C@H]2CC[C@H](C)CN2C(=O)C(N)=O)cc1C. The van der Waals surface area contributed by atoms with Crippen molar-refractivity contribution in [2.75, 3.05) is 19.7 Å². The molecule has 42 heavy (non-hydrogen) atoms. The van der Waals surface area contributed by atoms with E-state index in [4.69, 9.17) is 10.5 Å². The van der Waals surface area contributed by atoms with Gasteiger partial charge in [-0.2, -0.15) is 0 Å². The van der Waals surface area contributed by atoms with E-state index in [0.717, 1.165) is 36.8 Å². The zero-order valence-corrected chi connectivity index (χ0v) is 26.2. The molecule has 2 aliphatic heterocycles. The lowest BCUT2D eigenvalue weighted by atomic mass is 9.88. The maximum atomic E-state index is 12.4. The normalized spacial score (nSPS) is 22.1. The van der Waals surface area contributed by atoms with E-state index in [1.165, 1.54) is 22.3 Å². The molecule has 0 saturated carbocycles. The zero-order chi connectivity index (χ0) is 31.1. The molecule has 228 valence electrons. The van der Waals surface area contributed by atoms with Gasteiger partial charge in [-0.1, -0.05) is 50.2 Å². The first-order valence-electron chi connectivity index (χ1n) is 15.1. The molecule has 2 aromatic rings. The zero-order valence-electron chi connectivity index (χ0n) is 26.2. The third-order valence-corrected chi connectivity index (χ3v) is 8.65. The summed E-state index contributed by atoms with van der Waals surface area (Å²) in [6.07, 6.45) is 3.88. The van der Waals surface area contributed by atoms with Crippen molar-refractivity contribution in [1.82, 2.24) is 9.80 Å². The Labute approximate surface area is 250 Å². The number of benzene rings is 2. The molecular weight excluding hydrogens is 530 g/mol. The summed E-state index contributed by atoms with van der Waals surface area (Å²) in [5.74, 6) is -1.89. The number of likely N-dealkylation sites (tertiary alicyclic amines) is 2. The number of piperidine rings is 2. The first-order chi connectivity index (χ1) is 19.8. The molecule has 8 heteroatoms. The number of ether oxygens (including phenoxy) is 1. The molecule has 8 nitrogen and oxygen atoms in total. The van der Waals surface area contributed by atoms with Gasteiger partial charge in [-0.3, -0.25) is 14.4 Å². The molecule has 2 N–H and O–H groups in total. The summed E-state index contributed by atoms with van der Waals surface area (Å²) in [7, 11) is 0. The third-order valence-electron chi connectivity index (χ3n) is 8.65. The molecule has 0 aromatic heterocycles.